The first-order valence-electron chi connectivity index (χ1n) is 39.1. The maximum Gasteiger partial charge on any atom is 0.0546 e. The van der Waals surface area contributed by atoms with Gasteiger partial charge in [0.2, 0.25) is 0 Å². The van der Waals surface area contributed by atoms with Gasteiger partial charge >= 0.3 is 0 Å². The molecular formula is C108H84N4. The van der Waals surface area contributed by atoms with Crippen LogP contribution in [0.25, 0.3) is 97.7 Å². The SMILES string of the molecule is Cc1ccc(N(c2ccc(C)c(C)c2)c2cc3c4ccccc4c(N(c4ccc(C)c(C)c4)c4ccc(C)c(Cc5ccc6cc(-c7c8ccc(N(c9ccccc9)c9ccccc9)cc8c(-c8ccc9ccccc9c8)c8ccc(N(c9ccccc9)c9ccccc9)cc78)ccc6c5)c4)cc3c3ccccc23)cc1C. The zero-order valence-corrected chi connectivity index (χ0v) is 64.2. The molecule has 4 heteroatoms. The van der Waals surface area contributed by atoms with Gasteiger partial charge in [-0.2, -0.15) is 0 Å². The Morgan fingerprint density at radius 2 is 0.509 bits per heavy atom. The highest BCUT2D eigenvalue weighted by Gasteiger charge is 2.27. The average Bonchev–Trinajstić information content (AvgIpc) is 0.725. The molecule has 0 spiro atoms. The summed E-state index contributed by atoms with van der Waals surface area (Å²) in [6.07, 6.45) is 0.750. The lowest BCUT2D eigenvalue weighted by Gasteiger charge is -2.30. The summed E-state index contributed by atoms with van der Waals surface area (Å²) in [7, 11) is 0. The highest BCUT2D eigenvalue weighted by atomic mass is 15.2. The van der Waals surface area contributed by atoms with Gasteiger partial charge in [-0.1, -0.05) is 224 Å². The molecule has 0 aromatic heterocycles. The summed E-state index contributed by atoms with van der Waals surface area (Å²) in [5.41, 5.74) is 29.4. The smallest absolute Gasteiger partial charge is 0.0546 e. The van der Waals surface area contributed by atoms with Crippen molar-refractivity contribution < 1.29 is 0 Å². The topological polar surface area (TPSA) is 13.0 Å². The Kier molecular flexibility index (Phi) is 17.6. The van der Waals surface area contributed by atoms with E-state index in [9.17, 15) is 0 Å². The lowest BCUT2D eigenvalue weighted by atomic mass is 9.84. The van der Waals surface area contributed by atoms with Gasteiger partial charge in [0.1, 0.15) is 0 Å². The van der Waals surface area contributed by atoms with Gasteiger partial charge in [-0.15, -0.1) is 0 Å². The number of nitrogens with zero attached hydrogens (tertiary/aromatic N) is 4. The van der Waals surface area contributed by atoms with Crippen molar-refractivity contribution in [1.82, 2.24) is 0 Å². The summed E-state index contributed by atoms with van der Waals surface area (Å²) >= 11 is 0. The molecular weight excluding hydrogens is 1350 g/mol. The molecule has 0 radical (unpaired) electrons. The summed E-state index contributed by atoms with van der Waals surface area (Å²) < 4.78 is 0. The van der Waals surface area contributed by atoms with E-state index in [1.54, 1.807) is 0 Å². The van der Waals surface area contributed by atoms with Gasteiger partial charge < -0.3 is 19.6 Å². The van der Waals surface area contributed by atoms with Gasteiger partial charge in [0.25, 0.3) is 0 Å². The number of aryl methyl sites for hydroxylation is 7. The molecule has 0 aliphatic rings. The molecule has 0 atom stereocenters. The molecule has 0 fully saturated rings. The van der Waals surface area contributed by atoms with Crippen molar-refractivity contribution in [1.29, 1.82) is 0 Å². The largest absolute Gasteiger partial charge is 0.310 e. The van der Waals surface area contributed by atoms with Crippen LogP contribution in [0.5, 0.6) is 0 Å². The van der Waals surface area contributed by atoms with E-state index in [1.165, 1.54) is 142 Å². The second-order valence-corrected chi connectivity index (χ2v) is 30.4. The zero-order valence-electron chi connectivity index (χ0n) is 64.2. The van der Waals surface area contributed by atoms with Crippen LogP contribution in [-0.4, -0.2) is 0 Å². The third-order valence-corrected chi connectivity index (χ3v) is 23.4. The van der Waals surface area contributed by atoms with E-state index in [-0.39, 0.29) is 0 Å². The van der Waals surface area contributed by atoms with Crippen molar-refractivity contribution in [3.05, 3.63) is 420 Å². The van der Waals surface area contributed by atoms with Crippen LogP contribution in [0.1, 0.15) is 50.1 Å². The predicted octanol–water partition coefficient (Wildman–Crippen LogP) is 30.7. The van der Waals surface area contributed by atoms with Crippen molar-refractivity contribution in [2.75, 3.05) is 19.6 Å². The van der Waals surface area contributed by atoms with Crippen LogP contribution in [0.4, 0.5) is 68.2 Å². The van der Waals surface area contributed by atoms with Crippen LogP contribution >= 0.6 is 0 Å². The van der Waals surface area contributed by atoms with Gasteiger partial charge in [-0.05, 0) is 337 Å². The molecule has 0 aliphatic carbocycles. The normalized spacial score (nSPS) is 11.6. The minimum atomic E-state index is 0.750. The molecule has 19 aromatic rings. The van der Waals surface area contributed by atoms with E-state index in [1.807, 2.05) is 0 Å². The Labute approximate surface area is 656 Å². The molecule has 0 heterocycles. The van der Waals surface area contributed by atoms with Gasteiger partial charge in [-0.25, -0.2) is 0 Å². The Morgan fingerprint density at radius 1 is 0.179 bits per heavy atom. The third kappa shape index (κ3) is 12.5. The Morgan fingerprint density at radius 3 is 0.938 bits per heavy atom. The number of hydrogen-bond donors (Lipinski definition) is 0. The number of hydrogen-bond acceptors (Lipinski definition) is 4. The molecule has 19 aromatic carbocycles. The zero-order chi connectivity index (χ0) is 75.7. The number of rotatable bonds is 16. The molecule has 0 amide bonds. The molecule has 0 N–H and O–H groups in total. The van der Waals surface area contributed by atoms with Crippen molar-refractivity contribution in [3.63, 3.8) is 0 Å². The lowest BCUT2D eigenvalue weighted by Crippen LogP contribution is -2.13. The number of para-hydroxylation sites is 4. The molecule has 0 unspecified atom stereocenters. The van der Waals surface area contributed by atoms with Gasteiger partial charge in [-0.3, -0.25) is 0 Å². The Balaban J connectivity index is 0.757. The summed E-state index contributed by atoms with van der Waals surface area (Å²) in [4.78, 5) is 9.78. The summed E-state index contributed by atoms with van der Waals surface area (Å²) in [5, 5.41) is 16.7. The first-order chi connectivity index (χ1) is 54.9. The first kappa shape index (κ1) is 68.7. The van der Waals surface area contributed by atoms with Crippen molar-refractivity contribution in [2.24, 2.45) is 0 Å². The van der Waals surface area contributed by atoms with Crippen LogP contribution in [0.3, 0.4) is 0 Å². The summed E-state index contributed by atoms with van der Waals surface area (Å²) in [6.45, 7) is 15.6. The van der Waals surface area contributed by atoms with E-state index < -0.39 is 0 Å². The van der Waals surface area contributed by atoms with Crippen LogP contribution in [0.2, 0.25) is 0 Å². The van der Waals surface area contributed by atoms with Crippen molar-refractivity contribution in [2.45, 2.75) is 54.9 Å². The number of benzene rings is 19. The van der Waals surface area contributed by atoms with Crippen molar-refractivity contribution >= 4 is 144 Å². The summed E-state index contributed by atoms with van der Waals surface area (Å²) in [6, 6.07) is 138. The van der Waals surface area contributed by atoms with Crippen LogP contribution in [-0.2, 0) is 6.42 Å². The maximum atomic E-state index is 2.52. The second-order valence-electron chi connectivity index (χ2n) is 30.4. The molecule has 0 saturated carbocycles. The van der Waals surface area contributed by atoms with Gasteiger partial charge in [0, 0.05) is 67.6 Å². The fourth-order valence-electron chi connectivity index (χ4n) is 17.2. The second kappa shape index (κ2) is 28.6. The Hall–Kier alpha value is -13.8. The standard InChI is InChI=1S/C108H84N4/c1-70-40-50-89(58-74(70)5)111(90-51-41-71(2)75(6)59-90)105-68-101-96-37-23-25-39-98(96)106(69-102(101)95-36-22-24-38-97(95)105)112(91-52-42-72(3)76(7)60-91)92-53-43-73(4)84(65-92)62-77-44-45-81-64-83(49-47-80(81)61-77)108-100-57-55-93(109(85-28-12-8-13-29-85)86-30-14-9-15-31-86)66-103(100)107(82-48-46-78-26-20-21-27-79(78)63-82)99-56-54-94(67-104(99)108)110(87-32-16-10-17-33-87)88-34-18-11-19-35-88/h8-61,63-69H,62H2,1-7H3. The molecule has 4 nitrogen and oxygen atoms in total. The number of anilines is 12. The predicted molar refractivity (Wildman–Crippen MR) is 481 cm³/mol. The van der Waals surface area contributed by atoms with Gasteiger partial charge in [0.05, 0.1) is 11.4 Å². The molecule has 112 heavy (non-hydrogen) atoms. The quantitative estimate of drug-likeness (QED) is 0.0706. The van der Waals surface area contributed by atoms with Gasteiger partial charge in [0.15, 0.2) is 0 Å². The highest BCUT2D eigenvalue weighted by molar-refractivity contribution is 6.26. The minimum Gasteiger partial charge on any atom is -0.310 e. The van der Waals surface area contributed by atoms with E-state index in [4.69, 9.17) is 0 Å². The average molecular weight is 1440 g/mol. The third-order valence-electron chi connectivity index (χ3n) is 23.4. The molecule has 19 rings (SSSR count). The van der Waals surface area contributed by atoms with Crippen LogP contribution < -0.4 is 19.6 Å². The first-order valence-corrected chi connectivity index (χ1v) is 39.1. The molecule has 0 aliphatic heterocycles. The monoisotopic (exact) mass is 1440 g/mol. The molecule has 0 bridgehead atoms. The van der Waals surface area contributed by atoms with E-state index in [2.05, 4.69) is 438 Å². The number of fused-ring (bicyclic) bond motifs is 9. The lowest BCUT2D eigenvalue weighted by molar-refractivity contribution is 1.15. The molecule has 536 valence electrons. The fourth-order valence-corrected chi connectivity index (χ4v) is 17.2. The maximum absolute atomic E-state index is 2.52. The fraction of sp³-hybridized carbons (Fsp3) is 0.0741. The van der Waals surface area contributed by atoms with E-state index in [0.29, 0.717) is 0 Å². The highest BCUT2D eigenvalue weighted by Crippen LogP contribution is 2.52. The van der Waals surface area contributed by atoms with Crippen LogP contribution in [0, 0.1) is 48.5 Å². The Bertz CT molecular complexity index is 6750. The summed E-state index contributed by atoms with van der Waals surface area (Å²) in [5.74, 6) is 0. The van der Waals surface area contributed by atoms with E-state index in [0.717, 1.165) is 80.2 Å². The van der Waals surface area contributed by atoms with Crippen LogP contribution in [0.15, 0.2) is 370 Å². The van der Waals surface area contributed by atoms with E-state index >= 15 is 0 Å². The molecule has 0 saturated heterocycles. The minimum absolute atomic E-state index is 0.750. The van der Waals surface area contributed by atoms with Crippen molar-refractivity contribution in [3.8, 4) is 22.3 Å².